The summed E-state index contributed by atoms with van der Waals surface area (Å²) in [5, 5.41) is 2.83. The second-order valence-electron chi connectivity index (χ2n) is 6.30. The van der Waals surface area contributed by atoms with Crippen LogP contribution in [-0.2, 0) is 16.0 Å². The molecule has 0 aromatic heterocycles. The van der Waals surface area contributed by atoms with Crippen LogP contribution in [0.3, 0.4) is 0 Å². The van der Waals surface area contributed by atoms with Gasteiger partial charge in [-0.2, -0.15) is 0 Å². The highest BCUT2D eigenvalue weighted by Crippen LogP contribution is 2.10. The van der Waals surface area contributed by atoms with E-state index in [1.54, 1.807) is 18.2 Å². The molecule has 0 heterocycles. The average Bonchev–Trinajstić information content (AvgIpc) is 2.41. The maximum atomic E-state index is 13.5. The fraction of sp³-hybridized carbons (Fsp3) is 0.529. The lowest BCUT2D eigenvalue weighted by atomic mass is 10.1. The van der Waals surface area contributed by atoms with E-state index >= 15 is 0 Å². The summed E-state index contributed by atoms with van der Waals surface area (Å²) in [6.07, 6.45) is 0.528. The van der Waals surface area contributed by atoms with Crippen molar-refractivity contribution in [1.29, 1.82) is 0 Å². The predicted octanol–water partition coefficient (Wildman–Crippen LogP) is 2.52. The van der Waals surface area contributed by atoms with Crippen LogP contribution >= 0.6 is 0 Å². The number of hydrogen-bond acceptors (Lipinski definition) is 2. The normalized spacial score (nSPS) is 11.1. The maximum absolute atomic E-state index is 13.5. The molecule has 2 amide bonds. The number of hydrogen-bond donors (Lipinski definition) is 1. The van der Waals surface area contributed by atoms with Crippen molar-refractivity contribution in [2.24, 2.45) is 0 Å². The Balaban J connectivity index is 2.54. The molecule has 0 aliphatic carbocycles. The highest BCUT2D eigenvalue weighted by atomic mass is 19.1. The van der Waals surface area contributed by atoms with Crippen molar-refractivity contribution >= 4 is 11.8 Å². The number of nitrogens with one attached hydrogen (secondary N) is 1. The first kappa shape index (κ1) is 18.1. The summed E-state index contributed by atoms with van der Waals surface area (Å²) in [7, 11) is 0. The largest absolute Gasteiger partial charge is 0.350 e. The average molecular weight is 308 g/mol. The summed E-state index contributed by atoms with van der Waals surface area (Å²) in [4.78, 5) is 25.6. The molecule has 5 heteroatoms. The summed E-state index contributed by atoms with van der Waals surface area (Å²) in [5.41, 5.74) is 0.193. The Hall–Kier alpha value is -1.91. The van der Waals surface area contributed by atoms with Gasteiger partial charge >= 0.3 is 0 Å². The molecule has 0 aliphatic rings. The number of halogens is 1. The molecule has 0 radical (unpaired) electrons. The first-order valence-corrected chi connectivity index (χ1v) is 7.55. The number of aryl methyl sites for hydroxylation is 1. The summed E-state index contributed by atoms with van der Waals surface area (Å²) >= 11 is 0. The minimum Gasteiger partial charge on any atom is -0.350 e. The molecule has 122 valence electrons. The zero-order valence-corrected chi connectivity index (χ0v) is 13.8. The number of amides is 2. The molecule has 1 aromatic rings. The zero-order chi connectivity index (χ0) is 16.8. The number of likely N-dealkylation sites (N-methyl/N-ethyl adjacent to an activating group) is 1. The predicted molar refractivity (Wildman–Crippen MR) is 84.9 cm³/mol. The SMILES string of the molecule is CCN(CC(=O)NC(C)(C)C)C(=O)CCc1ccccc1F. The fourth-order valence-electron chi connectivity index (χ4n) is 2.11. The molecule has 1 aromatic carbocycles. The van der Waals surface area contributed by atoms with Crippen LogP contribution in [-0.4, -0.2) is 35.3 Å². The van der Waals surface area contributed by atoms with Crippen LogP contribution in [0, 0.1) is 5.82 Å². The van der Waals surface area contributed by atoms with Gasteiger partial charge in [-0.25, -0.2) is 4.39 Å². The molecule has 0 atom stereocenters. The van der Waals surface area contributed by atoms with E-state index in [9.17, 15) is 14.0 Å². The fourth-order valence-corrected chi connectivity index (χ4v) is 2.11. The van der Waals surface area contributed by atoms with Gasteiger partial charge in [0.2, 0.25) is 11.8 Å². The van der Waals surface area contributed by atoms with E-state index in [1.165, 1.54) is 11.0 Å². The number of benzene rings is 1. The van der Waals surface area contributed by atoms with Gasteiger partial charge in [0, 0.05) is 18.5 Å². The lowest BCUT2D eigenvalue weighted by Crippen LogP contribution is -2.47. The van der Waals surface area contributed by atoms with Gasteiger partial charge in [-0.15, -0.1) is 0 Å². The van der Waals surface area contributed by atoms with Crippen LogP contribution in [0.15, 0.2) is 24.3 Å². The van der Waals surface area contributed by atoms with Crippen LogP contribution in [0.2, 0.25) is 0 Å². The molecule has 0 bridgehead atoms. The maximum Gasteiger partial charge on any atom is 0.240 e. The molecule has 0 spiro atoms. The van der Waals surface area contributed by atoms with E-state index in [-0.39, 0.29) is 36.1 Å². The van der Waals surface area contributed by atoms with Gasteiger partial charge in [-0.3, -0.25) is 9.59 Å². The smallest absolute Gasteiger partial charge is 0.240 e. The second kappa shape index (κ2) is 7.92. The lowest BCUT2D eigenvalue weighted by molar-refractivity contribution is -0.136. The Morgan fingerprint density at radius 3 is 2.41 bits per heavy atom. The van der Waals surface area contributed by atoms with E-state index in [0.29, 0.717) is 18.5 Å². The molecule has 1 rings (SSSR count). The first-order valence-electron chi connectivity index (χ1n) is 7.55. The Labute approximate surface area is 131 Å². The summed E-state index contributed by atoms with van der Waals surface area (Å²) < 4.78 is 13.5. The monoisotopic (exact) mass is 308 g/mol. The summed E-state index contributed by atoms with van der Waals surface area (Å²) in [6.45, 7) is 7.98. The lowest BCUT2D eigenvalue weighted by Gasteiger charge is -2.25. The van der Waals surface area contributed by atoms with Gasteiger partial charge in [-0.1, -0.05) is 18.2 Å². The Kier molecular flexibility index (Phi) is 6.53. The van der Waals surface area contributed by atoms with Crippen molar-refractivity contribution in [3.8, 4) is 0 Å². The molecule has 4 nitrogen and oxygen atoms in total. The quantitative estimate of drug-likeness (QED) is 0.878. The molecule has 0 saturated heterocycles. The van der Waals surface area contributed by atoms with Crippen LogP contribution in [0.5, 0.6) is 0 Å². The van der Waals surface area contributed by atoms with Crippen molar-refractivity contribution in [2.45, 2.75) is 46.1 Å². The molecule has 1 N–H and O–H groups in total. The van der Waals surface area contributed by atoms with Crippen molar-refractivity contribution in [1.82, 2.24) is 10.2 Å². The molecule has 0 saturated carbocycles. The Morgan fingerprint density at radius 1 is 1.23 bits per heavy atom. The van der Waals surface area contributed by atoms with E-state index in [4.69, 9.17) is 0 Å². The highest BCUT2D eigenvalue weighted by molar-refractivity contribution is 5.85. The Bertz CT molecular complexity index is 524. The van der Waals surface area contributed by atoms with Crippen LogP contribution in [0.25, 0.3) is 0 Å². The van der Waals surface area contributed by atoms with Gasteiger partial charge in [-0.05, 0) is 45.7 Å². The minimum absolute atomic E-state index is 0.0316. The van der Waals surface area contributed by atoms with Gasteiger partial charge in [0.1, 0.15) is 5.82 Å². The molecular formula is C17H25FN2O2. The molecule has 0 unspecified atom stereocenters. The van der Waals surface area contributed by atoms with E-state index in [1.807, 2.05) is 27.7 Å². The van der Waals surface area contributed by atoms with Crippen molar-refractivity contribution in [3.05, 3.63) is 35.6 Å². The van der Waals surface area contributed by atoms with Gasteiger partial charge < -0.3 is 10.2 Å². The van der Waals surface area contributed by atoms with E-state index in [2.05, 4.69) is 5.32 Å². The summed E-state index contributed by atoms with van der Waals surface area (Å²) in [6, 6.07) is 6.42. The second-order valence-corrected chi connectivity index (χ2v) is 6.30. The van der Waals surface area contributed by atoms with E-state index in [0.717, 1.165) is 0 Å². The summed E-state index contributed by atoms with van der Waals surface area (Å²) in [5.74, 6) is -0.632. The third kappa shape index (κ3) is 6.24. The third-order valence-corrected chi connectivity index (χ3v) is 3.15. The standard InChI is InChI=1S/C17H25FN2O2/c1-5-20(12-15(21)19-17(2,3)4)16(22)11-10-13-8-6-7-9-14(13)18/h6-9H,5,10-12H2,1-4H3,(H,19,21). The molecular weight excluding hydrogens is 283 g/mol. The van der Waals surface area contributed by atoms with Crippen molar-refractivity contribution < 1.29 is 14.0 Å². The number of carbonyl (C=O) groups is 2. The van der Waals surface area contributed by atoms with Gasteiger partial charge in [0.15, 0.2) is 0 Å². The number of rotatable bonds is 6. The Morgan fingerprint density at radius 2 is 1.86 bits per heavy atom. The highest BCUT2D eigenvalue weighted by Gasteiger charge is 2.19. The molecule has 0 fully saturated rings. The van der Waals surface area contributed by atoms with Crippen molar-refractivity contribution in [2.75, 3.05) is 13.1 Å². The van der Waals surface area contributed by atoms with Crippen LogP contribution < -0.4 is 5.32 Å². The molecule has 0 aliphatic heterocycles. The van der Waals surface area contributed by atoms with Gasteiger partial charge in [0.05, 0.1) is 6.54 Å². The topological polar surface area (TPSA) is 49.4 Å². The number of carbonyl (C=O) groups excluding carboxylic acids is 2. The van der Waals surface area contributed by atoms with Gasteiger partial charge in [0.25, 0.3) is 0 Å². The van der Waals surface area contributed by atoms with Crippen molar-refractivity contribution in [3.63, 3.8) is 0 Å². The zero-order valence-electron chi connectivity index (χ0n) is 13.8. The molecule has 22 heavy (non-hydrogen) atoms. The third-order valence-electron chi connectivity index (χ3n) is 3.15. The van der Waals surface area contributed by atoms with E-state index < -0.39 is 0 Å². The van der Waals surface area contributed by atoms with Crippen LogP contribution in [0.4, 0.5) is 4.39 Å². The number of nitrogens with zero attached hydrogens (tertiary/aromatic N) is 1. The van der Waals surface area contributed by atoms with Crippen LogP contribution in [0.1, 0.15) is 39.7 Å². The minimum atomic E-state index is -0.327. The first-order chi connectivity index (χ1) is 10.2.